The lowest BCUT2D eigenvalue weighted by molar-refractivity contribution is -0.129. The normalized spacial score (nSPS) is 18.1. The van der Waals surface area contributed by atoms with Crippen molar-refractivity contribution in [3.63, 3.8) is 0 Å². The van der Waals surface area contributed by atoms with Crippen molar-refractivity contribution in [3.8, 4) is 5.75 Å². The van der Waals surface area contributed by atoms with Gasteiger partial charge in [-0.2, -0.15) is 0 Å². The number of nitrogens with zero attached hydrogens (tertiary/aromatic N) is 1. The summed E-state index contributed by atoms with van der Waals surface area (Å²) >= 11 is 0. The van der Waals surface area contributed by atoms with E-state index < -0.39 is 6.04 Å². The summed E-state index contributed by atoms with van der Waals surface area (Å²) in [5.41, 5.74) is 7.28. The van der Waals surface area contributed by atoms with Gasteiger partial charge in [0.15, 0.2) is 0 Å². The van der Waals surface area contributed by atoms with Crippen molar-refractivity contribution >= 4 is 42.4 Å². The molecule has 10 heteroatoms. The van der Waals surface area contributed by atoms with Gasteiger partial charge in [-0.3, -0.25) is 9.59 Å². The number of nitrogens with one attached hydrogen (secondary N) is 3. The Hall–Kier alpha value is -2.55. The van der Waals surface area contributed by atoms with Gasteiger partial charge in [-0.1, -0.05) is 24.3 Å². The van der Waals surface area contributed by atoms with Gasteiger partial charge in [-0.25, -0.2) is 4.98 Å². The molecule has 1 aliphatic heterocycles. The number of halogens is 2. The molecule has 2 aromatic rings. The molecule has 0 aliphatic carbocycles. The Morgan fingerprint density at radius 1 is 1.23 bits per heavy atom. The number of anilines is 1. The maximum atomic E-state index is 12.5. The van der Waals surface area contributed by atoms with Crippen molar-refractivity contribution in [1.29, 1.82) is 0 Å². The highest BCUT2D eigenvalue weighted by Crippen LogP contribution is 2.17. The maximum Gasteiger partial charge on any atom is 0.242 e. The molecule has 1 fully saturated rings. The van der Waals surface area contributed by atoms with Crippen LogP contribution < -0.4 is 26.4 Å². The Morgan fingerprint density at radius 3 is 2.61 bits per heavy atom. The molecule has 0 spiro atoms. The number of benzene rings is 1. The topological polar surface area (TPSA) is 118 Å². The minimum atomic E-state index is -0.652. The number of para-hydroxylation sites is 1. The summed E-state index contributed by atoms with van der Waals surface area (Å²) in [6, 6.07) is 12.0. The van der Waals surface area contributed by atoms with E-state index in [1.165, 1.54) is 0 Å². The van der Waals surface area contributed by atoms with Crippen molar-refractivity contribution in [2.45, 2.75) is 45.0 Å². The van der Waals surface area contributed by atoms with Gasteiger partial charge >= 0.3 is 0 Å². The van der Waals surface area contributed by atoms with Crippen LogP contribution in [0.25, 0.3) is 0 Å². The molecule has 170 valence electrons. The Morgan fingerprint density at radius 2 is 1.94 bits per heavy atom. The maximum absolute atomic E-state index is 12.5. The Balaban J connectivity index is 0.00000240. The molecular formula is C21H29Cl2N5O3. The van der Waals surface area contributed by atoms with Gasteiger partial charge in [0.1, 0.15) is 23.7 Å². The molecule has 3 rings (SSSR count). The minimum absolute atomic E-state index is 0. The highest BCUT2D eigenvalue weighted by Gasteiger charge is 2.32. The number of nitrogens with two attached hydrogens (primary N) is 1. The third kappa shape index (κ3) is 7.57. The molecule has 31 heavy (non-hydrogen) atoms. The highest BCUT2D eigenvalue weighted by atomic mass is 35.5. The zero-order valence-electron chi connectivity index (χ0n) is 17.5. The van der Waals surface area contributed by atoms with Gasteiger partial charge in [-0.05, 0) is 37.6 Å². The number of aromatic nitrogens is 1. The van der Waals surface area contributed by atoms with Crippen LogP contribution in [0.5, 0.6) is 5.75 Å². The second-order valence-corrected chi connectivity index (χ2v) is 7.18. The zero-order valence-corrected chi connectivity index (χ0v) is 19.1. The number of hydrogen-bond acceptors (Lipinski definition) is 6. The van der Waals surface area contributed by atoms with Crippen LogP contribution in [0.4, 0.5) is 5.82 Å². The Labute approximate surface area is 194 Å². The molecule has 1 aromatic carbocycles. The van der Waals surface area contributed by atoms with Gasteiger partial charge in [0, 0.05) is 25.2 Å². The third-order valence-electron chi connectivity index (χ3n) is 4.87. The molecule has 1 saturated heterocycles. The highest BCUT2D eigenvalue weighted by molar-refractivity contribution is 5.89. The first-order valence-electron chi connectivity index (χ1n) is 9.67. The zero-order chi connectivity index (χ0) is 20.8. The van der Waals surface area contributed by atoms with Gasteiger partial charge < -0.3 is 26.4 Å². The number of carbonyl (C=O) groups is 2. The fourth-order valence-corrected chi connectivity index (χ4v) is 3.20. The van der Waals surface area contributed by atoms with Crippen LogP contribution in [0, 0.1) is 6.92 Å². The number of ether oxygens (including phenoxy) is 1. The van der Waals surface area contributed by atoms with Crippen LogP contribution in [0.2, 0.25) is 0 Å². The summed E-state index contributed by atoms with van der Waals surface area (Å²) in [4.78, 5) is 29.0. The first kappa shape index (κ1) is 26.5. The van der Waals surface area contributed by atoms with Crippen LogP contribution in [0.3, 0.4) is 0 Å². The summed E-state index contributed by atoms with van der Waals surface area (Å²) in [5, 5.41) is 8.73. The van der Waals surface area contributed by atoms with Gasteiger partial charge in [0.25, 0.3) is 0 Å². The molecule has 1 aliphatic rings. The van der Waals surface area contributed by atoms with Crippen molar-refractivity contribution in [1.82, 2.24) is 20.9 Å². The molecule has 3 atom stereocenters. The van der Waals surface area contributed by atoms with Crippen LogP contribution in [-0.2, 0) is 16.1 Å². The van der Waals surface area contributed by atoms with E-state index in [0.717, 1.165) is 17.0 Å². The fourth-order valence-electron chi connectivity index (χ4n) is 3.20. The number of pyridine rings is 1. The largest absolute Gasteiger partial charge is 0.489 e. The molecule has 0 radical (unpaired) electrons. The van der Waals surface area contributed by atoms with Gasteiger partial charge in [0.2, 0.25) is 11.8 Å². The van der Waals surface area contributed by atoms with Crippen LogP contribution in [0.1, 0.15) is 24.6 Å². The average molecular weight is 470 g/mol. The number of rotatable bonds is 7. The molecule has 8 nitrogen and oxygen atoms in total. The van der Waals surface area contributed by atoms with E-state index in [1.54, 1.807) is 13.0 Å². The molecule has 2 amide bonds. The van der Waals surface area contributed by atoms with E-state index in [-0.39, 0.29) is 48.8 Å². The monoisotopic (exact) mass is 469 g/mol. The molecule has 2 heterocycles. The van der Waals surface area contributed by atoms with E-state index in [9.17, 15) is 9.59 Å². The number of nitrogen functional groups attached to an aromatic ring is 1. The predicted octanol–water partition coefficient (Wildman–Crippen LogP) is 1.75. The average Bonchev–Trinajstić information content (AvgIpc) is 3.16. The van der Waals surface area contributed by atoms with Crippen molar-refractivity contribution in [2.24, 2.45) is 0 Å². The van der Waals surface area contributed by atoms with E-state index in [2.05, 4.69) is 20.9 Å². The van der Waals surface area contributed by atoms with E-state index in [0.29, 0.717) is 25.3 Å². The second-order valence-electron chi connectivity index (χ2n) is 7.18. The van der Waals surface area contributed by atoms with Crippen molar-refractivity contribution < 1.29 is 14.3 Å². The number of aryl methyl sites for hydroxylation is 1. The predicted molar refractivity (Wildman–Crippen MR) is 125 cm³/mol. The summed E-state index contributed by atoms with van der Waals surface area (Å²) in [7, 11) is 0. The lowest BCUT2D eigenvalue weighted by Crippen LogP contribution is -2.50. The second kappa shape index (κ2) is 12.3. The smallest absolute Gasteiger partial charge is 0.242 e. The third-order valence-corrected chi connectivity index (χ3v) is 4.87. The van der Waals surface area contributed by atoms with E-state index in [4.69, 9.17) is 10.5 Å². The molecule has 5 N–H and O–H groups in total. The SMILES string of the molecule is Cc1nc(N)ccc1CNC(=O)[C@H](C)NC(=O)[C@H]1C[C@@H](Oc2ccccc2)CN1.Cl.Cl. The molecule has 1 aromatic heterocycles. The first-order chi connectivity index (χ1) is 13.9. The fraction of sp³-hybridized carbons (Fsp3) is 0.381. The quantitative estimate of drug-likeness (QED) is 0.490. The number of hydrogen-bond donors (Lipinski definition) is 4. The molecule has 0 saturated carbocycles. The van der Waals surface area contributed by atoms with Crippen molar-refractivity contribution in [2.75, 3.05) is 12.3 Å². The lowest BCUT2D eigenvalue weighted by atomic mass is 10.1. The molecular weight excluding hydrogens is 441 g/mol. The Bertz CT molecular complexity index is 869. The van der Waals surface area contributed by atoms with Crippen molar-refractivity contribution in [3.05, 3.63) is 53.7 Å². The molecule has 0 unspecified atom stereocenters. The summed E-state index contributed by atoms with van der Waals surface area (Å²) in [5.74, 6) is 0.749. The van der Waals surface area contributed by atoms with Gasteiger partial charge in [-0.15, -0.1) is 24.8 Å². The standard InChI is InChI=1S/C21H27N5O3.2ClH/c1-13-15(8-9-19(22)25-13)11-24-20(27)14(2)26-21(28)18-10-17(12-23-18)29-16-6-4-3-5-7-16;;/h3-9,14,17-18,23H,10-12H2,1-2H3,(H2,22,25)(H,24,27)(H,26,28);2*1H/t14-,17+,18+;;/m0../s1. The number of amides is 2. The van der Waals surface area contributed by atoms with E-state index in [1.807, 2.05) is 43.3 Å². The van der Waals surface area contributed by atoms with Crippen LogP contribution in [0.15, 0.2) is 42.5 Å². The Kier molecular flexibility index (Phi) is 10.5. The lowest BCUT2D eigenvalue weighted by Gasteiger charge is -2.17. The summed E-state index contributed by atoms with van der Waals surface area (Å²) in [6.07, 6.45) is 0.462. The van der Waals surface area contributed by atoms with Gasteiger partial charge in [0.05, 0.1) is 6.04 Å². The minimum Gasteiger partial charge on any atom is -0.489 e. The van der Waals surface area contributed by atoms with Crippen LogP contribution >= 0.6 is 24.8 Å². The first-order valence-corrected chi connectivity index (χ1v) is 9.67. The summed E-state index contributed by atoms with van der Waals surface area (Å²) < 4.78 is 5.88. The molecule has 0 bridgehead atoms. The van der Waals surface area contributed by atoms with Crippen LogP contribution in [-0.4, -0.2) is 41.5 Å². The van der Waals surface area contributed by atoms with E-state index >= 15 is 0 Å². The number of carbonyl (C=O) groups excluding carboxylic acids is 2. The summed E-state index contributed by atoms with van der Waals surface area (Å²) in [6.45, 7) is 4.40.